The monoisotopic (exact) mass is 256 g/mol. The lowest BCUT2D eigenvalue weighted by atomic mass is 10.1. The van der Waals surface area contributed by atoms with E-state index in [0.29, 0.717) is 13.1 Å². The second-order valence-electron chi connectivity index (χ2n) is 4.14. The van der Waals surface area contributed by atoms with Crippen LogP contribution in [0.15, 0.2) is 18.2 Å². The minimum Gasteiger partial charge on any atom is -0.378 e. The third-order valence-corrected chi connectivity index (χ3v) is 2.95. The zero-order valence-electron chi connectivity index (χ0n) is 9.87. The first-order valence-electron chi connectivity index (χ1n) is 5.61. The number of halogens is 2. The van der Waals surface area contributed by atoms with Gasteiger partial charge in [-0.15, -0.1) is 0 Å². The molecule has 98 valence electrons. The highest BCUT2D eigenvalue weighted by Gasteiger charge is 2.29. The lowest BCUT2D eigenvalue weighted by molar-refractivity contribution is 0.0776. The molecule has 0 aromatic heterocycles. The molecule has 2 atom stereocenters. The summed E-state index contributed by atoms with van der Waals surface area (Å²) in [6, 6.07) is 2.55. The molecule has 1 aromatic rings. The van der Waals surface area contributed by atoms with Crippen molar-refractivity contribution in [1.29, 1.82) is 0 Å². The lowest BCUT2D eigenvalue weighted by Gasteiger charge is -2.18. The van der Waals surface area contributed by atoms with E-state index in [4.69, 9.17) is 4.74 Å². The molecule has 1 amide bonds. The Hall–Kier alpha value is -1.53. The maximum absolute atomic E-state index is 13.4. The Labute approximate surface area is 103 Å². The van der Waals surface area contributed by atoms with E-state index in [1.807, 2.05) is 0 Å². The molecule has 1 aromatic carbocycles. The maximum atomic E-state index is 13.4. The number of carbonyl (C=O) groups is 1. The number of benzene rings is 1. The average molecular weight is 256 g/mol. The molecule has 1 heterocycles. The summed E-state index contributed by atoms with van der Waals surface area (Å²) >= 11 is 0. The largest absolute Gasteiger partial charge is 0.378 e. The lowest BCUT2D eigenvalue weighted by Crippen LogP contribution is -2.43. The predicted octanol–water partition coefficient (Wildman–Crippen LogP) is 0.681. The van der Waals surface area contributed by atoms with Crippen molar-refractivity contribution in [3.8, 4) is 0 Å². The highest BCUT2D eigenvalue weighted by atomic mass is 19.1. The van der Waals surface area contributed by atoms with Crippen LogP contribution in [0.3, 0.4) is 0 Å². The van der Waals surface area contributed by atoms with Gasteiger partial charge in [-0.2, -0.15) is 0 Å². The van der Waals surface area contributed by atoms with Gasteiger partial charge in [-0.25, -0.2) is 8.78 Å². The number of hydrogen-bond donors (Lipinski definition) is 2. The van der Waals surface area contributed by atoms with Crippen LogP contribution in [0.5, 0.6) is 0 Å². The van der Waals surface area contributed by atoms with Crippen molar-refractivity contribution in [2.24, 2.45) is 0 Å². The van der Waals surface area contributed by atoms with Crippen LogP contribution in [0.2, 0.25) is 0 Å². The normalized spacial score (nSPS) is 23.1. The van der Waals surface area contributed by atoms with Gasteiger partial charge in [0.2, 0.25) is 0 Å². The first kappa shape index (κ1) is 12.9. The fourth-order valence-corrected chi connectivity index (χ4v) is 1.96. The molecule has 4 nitrogen and oxygen atoms in total. The van der Waals surface area contributed by atoms with Crippen LogP contribution >= 0.6 is 0 Å². The van der Waals surface area contributed by atoms with Crippen molar-refractivity contribution in [1.82, 2.24) is 10.6 Å². The molecule has 2 N–H and O–H groups in total. The molecule has 2 rings (SSSR count). The van der Waals surface area contributed by atoms with Crippen molar-refractivity contribution in [3.05, 3.63) is 35.4 Å². The molecule has 1 aliphatic rings. The minimum atomic E-state index is -0.742. The highest BCUT2D eigenvalue weighted by molar-refractivity contribution is 5.94. The van der Waals surface area contributed by atoms with Crippen molar-refractivity contribution >= 4 is 5.91 Å². The Morgan fingerprint density at radius 1 is 1.44 bits per heavy atom. The van der Waals surface area contributed by atoms with Crippen LogP contribution in [0.1, 0.15) is 10.4 Å². The molecular formula is C12H14F2N2O2. The van der Waals surface area contributed by atoms with Crippen molar-refractivity contribution in [2.45, 2.75) is 12.1 Å². The summed E-state index contributed by atoms with van der Waals surface area (Å²) in [5.41, 5.74) is -0.295. The molecule has 6 heteroatoms. The van der Waals surface area contributed by atoms with E-state index in [1.54, 1.807) is 7.11 Å². The van der Waals surface area contributed by atoms with Crippen LogP contribution in [-0.2, 0) is 4.74 Å². The molecule has 0 bridgehead atoms. The number of ether oxygens (including phenoxy) is 1. The Bertz CT molecular complexity index is 454. The SMILES string of the molecule is CO[C@@H]1CNCC1NC(=O)c1cc(F)ccc1F. The fourth-order valence-electron chi connectivity index (χ4n) is 1.96. The van der Waals surface area contributed by atoms with E-state index in [-0.39, 0.29) is 17.7 Å². The topological polar surface area (TPSA) is 50.4 Å². The molecule has 0 radical (unpaired) electrons. The van der Waals surface area contributed by atoms with Crippen LogP contribution in [0.25, 0.3) is 0 Å². The van der Waals surface area contributed by atoms with Gasteiger partial charge < -0.3 is 15.4 Å². The second kappa shape index (κ2) is 5.41. The second-order valence-corrected chi connectivity index (χ2v) is 4.14. The van der Waals surface area contributed by atoms with Gasteiger partial charge in [0, 0.05) is 20.2 Å². The molecule has 18 heavy (non-hydrogen) atoms. The maximum Gasteiger partial charge on any atom is 0.254 e. The highest BCUT2D eigenvalue weighted by Crippen LogP contribution is 2.11. The smallest absolute Gasteiger partial charge is 0.254 e. The predicted molar refractivity (Wildman–Crippen MR) is 61.3 cm³/mol. The Morgan fingerprint density at radius 2 is 2.22 bits per heavy atom. The molecular weight excluding hydrogens is 242 g/mol. The molecule has 1 fully saturated rings. The van der Waals surface area contributed by atoms with E-state index >= 15 is 0 Å². The Balaban J connectivity index is 2.09. The van der Waals surface area contributed by atoms with Crippen LogP contribution in [0.4, 0.5) is 8.78 Å². The molecule has 0 spiro atoms. The summed E-state index contributed by atoms with van der Waals surface area (Å²) < 4.78 is 31.5. The van der Waals surface area contributed by atoms with E-state index in [0.717, 1.165) is 18.2 Å². The van der Waals surface area contributed by atoms with Crippen molar-refractivity contribution < 1.29 is 18.3 Å². The van der Waals surface area contributed by atoms with Crippen LogP contribution < -0.4 is 10.6 Å². The van der Waals surface area contributed by atoms with Gasteiger partial charge in [0.05, 0.1) is 17.7 Å². The van der Waals surface area contributed by atoms with Crippen molar-refractivity contribution in [3.63, 3.8) is 0 Å². The van der Waals surface area contributed by atoms with Gasteiger partial charge in [-0.3, -0.25) is 4.79 Å². The Morgan fingerprint density at radius 3 is 2.94 bits per heavy atom. The van der Waals surface area contributed by atoms with Crippen molar-refractivity contribution in [2.75, 3.05) is 20.2 Å². The first-order chi connectivity index (χ1) is 8.61. The number of hydrogen-bond acceptors (Lipinski definition) is 3. The van der Waals surface area contributed by atoms with E-state index < -0.39 is 17.5 Å². The summed E-state index contributed by atoms with van der Waals surface area (Å²) in [5.74, 6) is -2.02. The number of rotatable bonds is 3. The summed E-state index contributed by atoms with van der Waals surface area (Å²) in [4.78, 5) is 11.8. The molecule has 1 aliphatic heterocycles. The summed E-state index contributed by atoms with van der Waals surface area (Å²) in [7, 11) is 1.54. The number of methoxy groups -OCH3 is 1. The molecule has 0 saturated carbocycles. The van der Waals surface area contributed by atoms with Gasteiger partial charge >= 0.3 is 0 Å². The molecule has 1 unspecified atom stereocenters. The number of amides is 1. The van der Waals surface area contributed by atoms with Crippen LogP contribution in [0, 0.1) is 11.6 Å². The zero-order valence-corrected chi connectivity index (χ0v) is 9.87. The standard InChI is InChI=1S/C12H14F2N2O2/c1-18-11-6-15-5-10(11)16-12(17)8-4-7(13)2-3-9(8)14/h2-4,10-11,15H,5-6H2,1H3,(H,16,17)/t10?,11-/m1/s1. The summed E-state index contributed by atoms with van der Waals surface area (Å²) in [6.07, 6.45) is -0.162. The third-order valence-electron chi connectivity index (χ3n) is 2.95. The fraction of sp³-hybridized carbons (Fsp3) is 0.417. The first-order valence-corrected chi connectivity index (χ1v) is 5.61. The van der Waals surface area contributed by atoms with Gasteiger partial charge in [0.1, 0.15) is 11.6 Å². The number of nitrogens with one attached hydrogen (secondary N) is 2. The van der Waals surface area contributed by atoms with E-state index in [2.05, 4.69) is 10.6 Å². The number of carbonyl (C=O) groups excluding carboxylic acids is 1. The zero-order chi connectivity index (χ0) is 13.1. The van der Waals surface area contributed by atoms with E-state index in [1.165, 1.54) is 0 Å². The van der Waals surface area contributed by atoms with Crippen LogP contribution in [-0.4, -0.2) is 38.3 Å². The van der Waals surface area contributed by atoms with E-state index in [9.17, 15) is 13.6 Å². The average Bonchev–Trinajstić information content (AvgIpc) is 2.79. The quantitative estimate of drug-likeness (QED) is 0.836. The summed E-state index contributed by atoms with van der Waals surface area (Å²) in [6.45, 7) is 1.16. The minimum absolute atomic E-state index is 0.162. The summed E-state index contributed by atoms with van der Waals surface area (Å²) in [5, 5.41) is 5.68. The third kappa shape index (κ3) is 2.65. The van der Waals surface area contributed by atoms with Gasteiger partial charge in [-0.1, -0.05) is 0 Å². The Kier molecular flexibility index (Phi) is 3.88. The van der Waals surface area contributed by atoms with Gasteiger partial charge in [-0.05, 0) is 18.2 Å². The molecule has 0 aliphatic carbocycles. The van der Waals surface area contributed by atoms with Gasteiger partial charge in [0.15, 0.2) is 0 Å². The molecule has 1 saturated heterocycles. The van der Waals surface area contributed by atoms with Gasteiger partial charge in [0.25, 0.3) is 5.91 Å².